The SMILES string of the molecule is CC1NCCCC1NC(=O)c1csc(-c2cccs2)n1. The van der Waals surface area contributed by atoms with Gasteiger partial charge < -0.3 is 10.6 Å². The van der Waals surface area contributed by atoms with E-state index < -0.39 is 0 Å². The summed E-state index contributed by atoms with van der Waals surface area (Å²) in [6, 6.07) is 4.54. The number of nitrogens with one attached hydrogen (secondary N) is 2. The zero-order chi connectivity index (χ0) is 13.9. The average Bonchev–Trinajstić information content (AvgIpc) is 3.11. The molecule has 1 aliphatic rings. The molecule has 0 bridgehead atoms. The highest BCUT2D eigenvalue weighted by atomic mass is 32.1. The molecule has 3 heterocycles. The molecule has 1 aliphatic heterocycles. The smallest absolute Gasteiger partial charge is 0.271 e. The van der Waals surface area contributed by atoms with Gasteiger partial charge in [0.1, 0.15) is 10.7 Å². The molecule has 2 atom stereocenters. The Hall–Kier alpha value is -1.24. The van der Waals surface area contributed by atoms with Gasteiger partial charge in [-0.3, -0.25) is 4.79 Å². The van der Waals surface area contributed by atoms with Crippen molar-refractivity contribution in [3.63, 3.8) is 0 Å². The summed E-state index contributed by atoms with van der Waals surface area (Å²) >= 11 is 3.16. The molecule has 0 aliphatic carbocycles. The number of hydrogen-bond donors (Lipinski definition) is 2. The number of amides is 1. The van der Waals surface area contributed by atoms with E-state index in [1.165, 1.54) is 11.3 Å². The van der Waals surface area contributed by atoms with Gasteiger partial charge in [-0.15, -0.1) is 22.7 Å². The summed E-state index contributed by atoms with van der Waals surface area (Å²) in [5.74, 6) is -0.0652. The second-order valence-electron chi connectivity index (χ2n) is 4.98. The van der Waals surface area contributed by atoms with Crippen molar-refractivity contribution < 1.29 is 4.79 Å². The summed E-state index contributed by atoms with van der Waals surface area (Å²) < 4.78 is 0. The van der Waals surface area contributed by atoms with Gasteiger partial charge in [0.2, 0.25) is 0 Å². The molecule has 3 rings (SSSR count). The highest BCUT2D eigenvalue weighted by Crippen LogP contribution is 2.27. The third-order valence-electron chi connectivity index (χ3n) is 3.55. The van der Waals surface area contributed by atoms with Crippen LogP contribution in [-0.2, 0) is 0 Å². The van der Waals surface area contributed by atoms with Crippen molar-refractivity contribution in [1.82, 2.24) is 15.6 Å². The minimum atomic E-state index is -0.0652. The van der Waals surface area contributed by atoms with Crippen molar-refractivity contribution in [2.75, 3.05) is 6.54 Å². The lowest BCUT2D eigenvalue weighted by Gasteiger charge is -2.30. The predicted octanol–water partition coefficient (Wildman–Crippen LogP) is 2.74. The number of carbonyl (C=O) groups excluding carboxylic acids is 1. The van der Waals surface area contributed by atoms with Crippen molar-refractivity contribution in [1.29, 1.82) is 0 Å². The minimum Gasteiger partial charge on any atom is -0.346 e. The highest BCUT2D eigenvalue weighted by molar-refractivity contribution is 7.20. The monoisotopic (exact) mass is 307 g/mol. The zero-order valence-corrected chi connectivity index (χ0v) is 12.9. The van der Waals surface area contributed by atoms with Crippen LogP contribution < -0.4 is 10.6 Å². The number of carbonyl (C=O) groups is 1. The van der Waals surface area contributed by atoms with Gasteiger partial charge in [-0.25, -0.2) is 4.98 Å². The van der Waals surface area contributed by atoms with Crippen LogP contribution in [0.4, 0.5) is 0 Å². The van der Waals surface area contributed by atoms with E-state index in [1.807, 2.05) is 22.9 Å². The van der Waals surface area contributed by atoms with Gasteiger partial charge in [0.25, 0.3) is 5.91 Å². The summed E-state index contributed by atoms with van der Waals surface area (Å²) in [6.07, 6.45) is 2.13. The highest BCUT2D eigenvalue weighted by Gasteiger charge is 2.23. The molecule has 0 aromatic carbocycles. The Morgan fingerprint density at radius 2 is 2.40 bits per heavy atom. The van der Waals surface area contributed by atoms with Gasteiger partial charge in [0.05, 0.1) is 4.88 Å². The first-order chi connectivity index (χ1) is 9.74. The first-order valence-corrected chi connectivity index (χ1v) is 8.53. The molecule has 4 nitrogen and oxygen atoms in total. The maximum Gasteiger partial charge on any atom is 0.271 e. The molecule has 2 aromatic heterocycles. The number of rotatable bonds is 3. The molecular formula is C14H17N3OS2. The molecule has 6 heteroatoms. The lowest BCUT2D eigenvalue weighted by molar-refractivity contribution is 0.0915. The van der Waals surface area contributed by atoms with Crippen LogP contribution in [0.3, 0.4) is 0 Å². The van der Waals surface area contributed by atoms with E-state index in [4.69, 9.17) is 0 Å². The van der Waals surface area contributed by atoms with E-state index in [0.717, 1.165) is 29.3 Å². The lowest BCUT2D eigenvalue weighted by Crippen LogP contribution is -2.51. The summed E-state index contributed by atoms with van der Waals surface area (Å²) in [5.41, 5.74) is 0.524. The molecular weight excluding hydrogens is 290 g/mol. The number of aromatic nitrogens is 1. The van der Waals surface area contributed by atoms with Crippen LogP contribution in [0, 0.1) is 0 Å². The largest absolute Gasteiger partial charge is 0.346 e. The normalized spacial score (nSPS) is 22.6. The van der Waals surface area contributed by atoms with Gasteiger partial charge in [0.15, 0.2) is 0 Å². The van der Waals surface area contributed by atoms with Crippen LogP contribution in [-0.4, -0.2) is 29.5 Å². The van der Waals surface area contributed by atoms with E-state index in [1.54, 1.807) is 11.3 Å². The standard InChI is InChI=1S/C14H17N3OS2/c1-9-10(4-2-6-15-9)16-13(18)11-8-20-14(17-11)12-5-3-7-19-12/h3,5,7-10,15H,2,4,6H2,1H3,(H,16,18). The predicted molar refractivity (Wildman–Crippen MR) is 83.4 cm³/mol. The third-order valence-corrected chi connectivity index (χ3v) is 5.43. The molecule has 1 amide bonds. The molecule has 2 aromatic rings. The van der Waals surface area contributed by atoms with Crippen molar-refractivity contribution in [3.8, 4) is 9.88 Å². The van der Waals surface area contributed by atoms with Crippen molar-refractivity contribution in [2.24, 2.45) is 0 Å². The third kappa shape index (κ3) is 2.92. The first kappa shape index (κ1) is 13.7. The van der Waals surface area contributed by atoms with E-state index in [-0.39, 0.29) is 11.9 Å². The maximum absolute atomic E-state index is 12.3. The van der Waals surface area contributed by atoms with Crippen LogP contribution in [0.15, 0.2) is 22.9 Å². The molecule has 1 saturated heterocycles. The van der Waals surface area contributed by atoms with E-state index >= 15 is 0 Å². The summed E-state index contributed by atoms with van der Waals surface area (Å²) in [6.45, 7) is 3.15. The van der Waals surface area contributed by atoms with E-state index in [2.05, 4.69) is 22.5 Å². The van der Waals surface area contributed by atoms with Gasteiger partial charge in [0, 0.05) is 17.5 Å². The second-order valence-corrected chi connectivity index (χ2v) is 6.79. The number of nitrogens with zero attached hydrogens (tertiary/aromatic N) is 1. The number of piperidine rings is 1. The second kappa shape index (κ2) is 6.03. The molecule has 2 unspecified atom stereocenters. The van der Waals surface area contributed by atoms with Gasteiger partial charge in [-0.2, -0.15) is 0 Å². The molecule has 0 spiro atoms. The van der Waals surface area contributed by atoms with Crippen molar-refractivity contribution in [3.05, 3.63) is 28.6 Å². The van der Waals surface area contributed by atoms with Crippen LogP contribution in [0.5, 0.6) is 0 Å². The number of thiophene rings is 1. The Labute approximate surface area is 126 Å². The lowest BCUT2D eigenvalue weighted by atomic mass is 10.00. The van der Waals surface area contributed by atoms with E-state index in [0.29, 0.717) is 11.7 Å². The fraction of sp³-hybridized carbons (Fsp3) is 0.429. The molecule has 0 radical (unpaired) electrons. The first-order valence-electron chi connectivity index (χ1n) is 6.77. The molecule has 0 saturated carbocycles. The van der Waals surface area contributed by atoms with E-state index in [9.17, 15) is 4.79 Å². The topological polar surface area (TPSA) is 54.0 Å². The fourth-order valence-electron chi connectivity index (χ4n) is 2.37. The van der Waals surface area contributed by atoms with Crippen LogP contribution >= 0.6 is 22.7 Å². The summed E-state index contributed by atoms with van der Waals surface area (Å²) in [7, 11) is 0. The average molecular weight is 307 g/mol. The van der Waals surface area contributed by atoms with Crippen molar-refractivity contribution >= 4 is 28.6 Å². The van der Waals surface area contributed by atoms with Crippen LogP contribution in [0.2, 0.25) is 0 Å². The zero-order valence-electron chi connectivity index (χ0n) is 11.3. The Morgan fingerprint density at radius 1 is 1.50 bits per heavy atom. The number of hydrogen-bond acceptors (Lipinski definition) is 5. The fourth-order valence-corrected chi connectivity index (χ4v) is 3.99. The maximum atomic E-state index is 12.3. The molecule has 2 N–H and O–H groups in total. The van der Waals surface area contributed by atoms with Crippen LogP contribution in [0.25, 0.3) is 9.88 Å². The van der Waals surface area contributed by atoms with Gasteiger partial charge in [-0.1, -0.05) is 6.07 Å². The Balaban J connectivity index is 1.68. The quantitative estimate of drug-likeness (QED) is 0.917. The van der Waals surface area contributed by atoms with Gasteiger partial charge >= 0.3 is 0 Å². The minimum absolute atomic E-state index is 0.0652. The Morgan fingerprint density at radius 3 is 3.15 bits per heavy atom. The Kier molecular flexibility index (Phi) is 4.14. The Bertz CT molecular complexity index is 579. The summed E-state index contributed by atoms with van der Waals surface area (Å²) in [5, 5.41) is 11.3. The van der Waals surface area contributed by atoms with Crippen molar-refractivity contribution in [2.45, 2.75) is 31.8 Å². The summed E-state index contributed by atoms with van der Waals surface area (Å²) in [4.78, 5) is 17.8. The van der Waals surface area contributed by atoms with Crippen LogP contribution in [0.1, 0.15) is 30.3 Å². The molecule has 20 heavy (non-hydrogen) atoms. The molecule has 1 fully saturated rings. The van der Waals surface area contributed by atoms with Gasteiger partial charge in [-0.05, 0) is 37.8 Å². The molecule has 106 valence electrons. The number of thiazole rings is 1.